The average Bonchev–Trinajstić information content (AvgIpc) is 2.28. The predicted octanol–water partition coefficient (Wildman–Crippen LogP) is 2.21. The van der Waals surface area contributed by atoms with Crippen molar-refractivity contribution >= 4 is 28.6 Å². The fourth-order valence-electron chi connectivity index (χ4n) is 1.19. The van der Waals surface area contributed by atoms with E-state index in [0.29, 0.717) is 0 Å². The van der Waals surface area contributed by atoms with E-state index in [-0.39, 0.29) is 26.8 Å². The minimum Gasteiger partial charge on any atom is -0.469 e. The number of hydrogen-bond donors (Lipinski definition) is 0. The van der Waals surface area contributed by atoms with Gasteiger partial charge in [0.15, 0.2) is 0 Å². The van der Waals surface area contributed by atoms with Gasteiger partial charge in [-0.15, -0.1) is 0 Å². The normalized spacial score (nSPS) is 10.1. The van der Waals surface area contributed by atoms with Crippen molar-refractivity contribution in [2.45, 2.75) is 12.8 Å². The standard InChI is InChI=1S/C10H7F2IN2O2/c1-17-7(16)2-6-8(10(11)12)9(13)5(3-14)4-15-6/h4,10H,2H2,1H3. The molecule has 0 aromatic carbocycles. The third kappa shape index (κ3) is 3.09. The van der Waals surface area contributed by atoms with Crippen LogP contribution in [0.2, 0.25) is 0 Å². The van der Waals surface area contributed by atoms with Crippen molar-refractivity contribution in [1.82, 2.24) is 4.98 Å². The van der Waals surface area contributed by atoms with Gasteiger partial charge in [0.25, 0.3) is 6.43 Å². The molecule has 1 aromatic heterocycles. The first-order valence-electron chi connectivity index (χ1n) is 4.43. The Morgan fingerprint density at radius 3 is 2.82 bits per heavy atom. The maximum Gasteiger partial charge on any atom is 0.311 e. The Labute approximate surface area is 110 Å². The minimum atomic E-state index is -2.79. The molecule has 0 atom stereocenters. The van der Waals surface area contributed by atoms with Crippen molar-refractivity contribution in [3.63, 3.8) is 0 Å². The van der Waals surface area contributed by atoms with E-state index in [1.54, 1.807) is 28.7 Å². The van der Waals surface area contributed by atoms with Crippen LogP contribution in [0.25, 0.3) is 0 Å². The van der Waals surface area contributed by atoms with Gasteiger partial charge in [-0.3, -0.25) is 9.78 Å². The highest BCUT2D eigenvalue weighted by Crippen LogP contribution is 2.29. The van der Waals surface area contributed by atoms with E-state index in [1.807, 2.05) is 0 Å². The molecule has 0 saturated heterocycles. The van der Waals surface area contributed by atoms with E-state index < -0.39 is 12.4 Å². The van der Waals surface area contributed by atoms with Crippen LogP contribution in [0.4, 0.5) is 8.78 Å². The number of alkyl halides is 2. The summed E-state index contributed by atoms with van der Waals surface area (Å²) >= 11 is 1.65. The van der Waals surface area contributed by atoms with Gasteiger partial charge in [0.1, 0.15) is 6.07 Å². The maximum atomic E-state index is 12.9. The summed E-state index contributed by atoms with van der Waals surface area (Å²) in [7, 11) is 1.17. The van der Waals surface area contributed by atoms with Crippen molar-refractivity contribution < 1.29 is 18.3 Å². The summed E-state index contributed by atoms with van der Waals surface area (Å²) in [5.74, 6) is -0.653. The minimum absolute atomic E-state index is 0.0600. The number of pyridine rings is 1. The van der Waals surface area contributed by atoms with E-state index in [4.69, 9.17) is 5.26 Å². The second-order valence-corrected chi connectivity index (χ2v) is 4.09. The molecule has 0 amide bonds. The predicted molar refractivity (Wildman–Crippen MR) is 62.3 cm³/mol. The molecule has 90 valence electrons. The van der Waals surface area contributed by atoms with Gasteiger partial charge in [0, 0.05) is 9.77 Å². The second kappa shape index (κ2) is 5.86. The summed E-state index contributed by atoms with van der Waals surface area (Å²) in [5.41, 5.74) is -0.375. The highest BCUT2D eigenvalue weighted by atomic mass is 127. The Bertz CT molecular complexity index is 486. The van der Waals surface area contributed by atoms with Gasteiger partial charge in [0.05, 0.1) is 30.4 Å². The molecule has 1 aromatic rings. The van der Waals surface area contributed by atoms with Gasteiger partial charge in [-0.1, -0.05) is 0 Å². The van der Waals surface area contributed by atoms with Crippen molar-refractivity contribution in [3.05, 3.63) is 26.6 Å². The van der Waals surface area contributed by atoms with Crippen LogP contribution in [0.15, 0.2) is 6.20 Å². The van der Waals surface area contributed by atoms with Crippen LogP contribution in [-0.4, -0.2) is 18.1 Å². The number of ether oxygens (including phenoxy) is 1. The first-order valence-corrected chi connectivity index (χ1v) is 5.51. The summed E-state index contributed by atoms with van der Waals surface area (Å²) < 4.78 is 30.2. The van der Waals surface area contributed by atoms with Crippen LogP contribution in [-0.2, 0) is 16.0 Å². The fraction of sp³-hybridized carbons (Fsp3) is 0.300. The molecule has 0 unspecified atom stereocenters. The number of esters is 1. The van der Waals surface area contributed by atoms with Crippen molar-refractivity contribution in [2.24, 2.45) is 0 Å². The number of aromatic nitrogens is 1. The third-order valence-corrected chi connectivity index (χ3v) is 3.17. The van der Waals surface area contributed by atoms with Crippen LogP contribution in [0.3, 0.4) is 0 Å². The summed E-state index contributed by atoms with van der Waals surface area (Å²) in [4.78, 5) is 14.8. The largest absolute Gasteiger partial charge is 0.469 e. The average molecular weight is 352 g/mol. The quantitative estimate of drug-likeness (QED) is 0.618. The Morgan fingerprint density at radius 2 is 2.35 bits per heavy atom. The van der Waals surface area contributed by atoms with Gasteiger partial charge in [-0.2, -0.15) is 5.26 Å². The maximum absolute atomic E-state index is 12.9. The first-order chi connectivity index (χ1) is 8.01. The molecule has 1 rings (SSSR count). The van der Waals surface area contributed by atoms with Crippen LogP contribution in [0, 0.1) is 14.9 Å². The lowest BCUT2D eigenvalue weighted by Gasteiger charge is -2.10. The highest BCUT2D eigenvalue weighted by Gasteiger charge is 2.22. The number of nitrogens with zero attached hydrogens (tertiary/aromatic N) is 2. The van der Waals surface area contributed by atoms with E-state index in [9.17, 15) is 13.6 Å². The zero-order valence-corrected chi connectivity index (χ0v) is 10.9. The Kier molecular flexibility index (Phi) is 4.74. The molecule has 4 nitrogen and oxygen atoms in total. The molecule has 0 bridgehead atoms. The van der Waals surface area contributed by atoms with Gasteiger partial charge in [0.2, 0.25) is 0 Å². The molecule has 0 radical (unpaired) electrons. The summed E-state index contributed by atoms with van der Waals surface area (Å²) in [5, 5.41) is 8.71. The number of methoxy groups -OCH3 is 1. The van der Waals surface area contributed by atoms with Crippen molar-refractivity contribution in [2.75, 3.05) is 7.11 Å². The molecule has 0 aliphatic heterocycles. The molecule has 0 aliphatic rings. The molecule has 0 fully saturated rings. The number of carbonyl (C=O) groups excluding carboxylic acids is 1. The molecule has 0 saturated carbocycles. The Balaban J connectivity index is 3.27. The summed E-state index contributed by atoms with van der Waals surface area (Å²) in [6, 6.07) is 1.77. The van der Waals surface area contributed by atoms with Crippen LogP contribution >= 0.6 is 22.6 Å². The smallest absolute Gasteiger partial charge is 0.311 e. The molecule has 1 heterocycles. The molecular weight excluding hydrogens is 345 g/mol. The second-order valence-electron chi connectivity index (χ2n) is 3.01. The van der Waals surface area contributed by atoms with E-state index in [2.05, 4.69) is 9.72 Å². The van der Waals surface area contributed by atoms with E-state index in [0.717, 1.165) is 0 Å². The lowest BCUT2D eigenvalue weighted by atomic mass is 10.1. The van der Waals surface area contributed by atoms with E-state index in [1.165, 1.54) is 13.3 Å². The van der Waals surface area contributed by atoms with Gasteiger partial charge in [-0.05, 0) is 22.6 Å². The van der Waals surface area contributed by atoms with Crippen LogP contribution in [0.5, 0.6) is 0 Å². The molecule has 0 aliphatic carbocycles. The monoisotopic (exact) mass is 352 g/mol. The number of hydrogen-bond acceptors (Lipinski definition) is 4. The fourth-order valence-corrected chi connectivity index (χ4v) is 2.00. The van der Waals surface area contributed by atoms with Gasteiger partial charge >= 0.3 is 5.97 Å². The zero-order chi connectivity index (χ0) is 13.0. The van der Waals surface area contributed by atoms with Crippen molar-refractivity contribution in [1.29, 1.82) is 5.26 Å². The number of nitriles is 1. The number of carbonyl (C=O) groups is 1. The topological polar surface area (TPSA) is 63.0 Å². The Hall–Kier alpha value is -1.30. The van der Waals surface area contributed by atoms with Crippen LogP contribution in [0.1, 0.15) is 23.2 Å². The molecular formula is C10H7F2IN2O2. The lowest BCUT2D eigenvalue weighted by Crippen LogP contribution is -2.11. The lowest BCUT2D eigenvalue weighted by molar-refractivity contribution is -0.139. The van der Waals surface area contributed by atoms with Crippen molar-refractivity contribution in [3.8, 4) is 6.07 Å². The summed E-state index contributed by atoms with van der Waals surface area (Å²) in [6.45, 7) is 0. The van der Waals surface area contributed by atoms with Gasteiger partial charge < -0.3 is 4.74 Å². The Morgan fingerprint density at radius 1 is 1.71 bits per heavy atom. The van der Waals surface area contributed by atoms with Crippen LogP contribution < -0.4 is 0 Å². The molecule has 0 N–H and O–H groups in total. The number of rotatable bonds is 3. The molecule has 7 heteroatoms. The third-order valence-electron chi connectivity index (χ3n) is 2.01. The number of halogens is 3. The SMILES string of the molecule is COC(=O)Cc1ncc(C#N)c(I)c1C(F)F. The molecule has 17 heavy (non-hydrogen) atoms. The molecule has 0 spiro atoms. The highest BCUT2D eigenvalue weighted by molar-refractivity contribution is 14.1. The summed E-state index contributed by atoms with van der Waals surface area (Å²) in [6.07, 6.45) is -1.95. The van der Waals surface area contributed by atoms with Gasteiger partial charge in [-0.25, -0.2) is 8.78 Å². The first kappa shape index (κ1) is 13.8. The van der Waals surface area contributed by atoms with E-state index >= 15 is 0 Å². The zero-order valence-electron chi connectivity index (χ0n) is 8.71.